The van der Waals surface area contributed by atoms with Crippen LogP contribution < -0.4 is 9.80 Å². The van der Waals surface area contributed by atoms with E-state index < -0.39 is 0 Å². The van der Waals surface area contributed by atoms with Crippen LogP contribution in [0.1, 0.15) is 38.6 Å². The summed E-state index contributed by atoms with van der Waals surface area (Å²) in [5.74, 6) is 1.69. The molecule has 158 valence electrons. The van der Waals surface area contributed by atoms with Crippen molar-refractivity contribution in [1.82, 2.24) is 9.72 Å². The number of hydrogen-bond donors (Lipinski definition) is 1. The molecular formula is C24H31N4O2+. The molecule has 3 heterocycles. The monoisotopic (exact) mass is 407 g/mol. The Bertz CT molecular complexity index is 1070. The normalized spacial score (nSPS) is 15.0. The average Bonchev–Trinajstić information content (AvgIpc) is 3.27. The Kier molecular flexibility index (Phi) is 5.52. The second-order valence-electron chi connectivity index (χ2n) is 8.47. The third-order valence-corrected chi connectivity index (χ3v) is 6.37. The first-order valence-corrected chi connectivity index (χ1v) is 10.7. The van der Waals surface area contributed by atoms with Gasteiger partial charge in [0.1, 0.15) is 12.3 Å². The van der Waals surface area contributed by atoms with E-state index in [1.165, 1.54) is 21.7 Å². The Balaban J connectivity index is 1.43. The van der Waals surface area contributed by atoms with E-state index in [-0.39, 0.29) is 5.78 Å². The van der Waals surface area contributed by atoms with Crippen LogP contribution in [0.25, 0.3) is 5.82 Å². The molecule has 1 fully saturated rings. The van der Waals surface area contributed by atoms with Gasteiger partial charge >= 0.3 is 0 Å². The van der Waals surface area contributed by atoms with E-state index in [1.54, 1.807) is 0 Å². The molecule has 4 rings (SSSR count). The molecule has 1 aliphatic heterocycles. The van der Waals surface area contributed by atoms with E-state index in [1.807, 2.05) is 37.5 Å². The van der Waals surface area contributed by atoms with Crippen molar-refractivity contribution >= 4 is 11.5 Å². The summed E-state index contributed by atoms with van der Waals surface area (Å²) >= 11 is 0. The lowest BCUT2D eigenvalue weighted by Crippen LogP contribution is -3.15. The SMILES string of the molecule is Cc1cc(-n2c(C)cc(C(=O)C[NH+]3CCN(c4cccc(C)c4C)CC3)c2C)no1. The molecule has 0 saturated carbocycles. The van der Waals surface area contributed by atoms with Gasteiger partial charge in [0, 0.05) is 28.7 Å². The van der Waals surface area contributed by atoms with Crippen LogP contribution in [0.5, 0.6) is 0 Å². The van der Waals surface area contributed by atoms with Gasteiger partial charge in [0.25, 0.3) is 0 Å². The van der Waals surface area contributed by atoms with Crippen molar-refractivity contribution in [1.29, 1.82) is 0 Å². The highest BCUT2D eigenvalue weighted by molar-refractivity contribution is 5.98. The lowest BCUT2D eigenvalue weighted by atomic mass is 10.1. The topological polar surface area (TPSA) is 55.7 Å². The van der Waals surface area contributed by atoms with Crippen LogP contribution in [0.3, 0.4) is 0 Å². The summed E-state index contributed by atoms with van der Waals surface area (Å²) < 4.78 is 7.22. The van der Waals surface area contributed by atoms with Crippen molar-refractivity contribution in [3.63, 3.8) is 0 Å². The summed E-state index contributed by atoms with van der Waals surface area (Å²) in [6.45, 7) is 14.6. The summed E-state index contributed by atoms with van der Waals surface area (Å²) in [6.07, 6.45) is 0. The molecule has 0 unspecified atom stereocenters. The summed E-state index contributed by atoms with van der Waals surface area (Å²) in [5, 5.41) is 4.11. The van der Waals surface area contributed by atoms with Crippen LogP contribution in [0.2, 0.25) is 0 Å². The maximum absolute atomic E-state index is 13.1. The zero-order chi connectivity index (χ0) is 21.4. The molecule has 1 saturated heterocycles. The molecule has 6 nitrogen and oxygen atoms in total. The van der Waals surface area contributed by atoms with E-state index in [0.717, 1.165) is 54.7 Å². The van der Waals surface area contributed by atoms with Crippen LogP contribution in [-0.2, 0) is 0 Å². The Hall–Kier alpha value is -2.86. The first-order chi connectivity index (χ1) is 14.3. The zero-order valence-corrected chi connectivity index (χ0v) is 18.6. The number of carbonyl (C=O) groups excluding carboxylic acids is 1. The highest BCUT2D eigenvalue weighted by Gasteiger charge is 2.26. The van der Waals surface area contributed by atoms with Gasteiger partial charge in [-0.05, 0) is 57.9 Å². The molecule has 2 aromatic heterocycles. The first-order valence-electron chi connectivity index (χ1n) is 10.7. The van der Waals surface area contributed by atoms with Gasteiger partial charge in [-0.1, -0.05) is 17.3 Å². The van der Waals surface area contributed by atoms with E-state index in [9.17, 15) is 4.79 Å². The number of ketones is 1. The van der Waals surface area contributed by atoms with Gasteiger partial charge in [0.15, 0.2) is 5.82 Å². The van der Waals surface area contributed by atoms with Crippen LogP contribution >= 0.6 is 0 Å². The molecule has 0 spiro atoms. The average molecular weight is 408 g/mol. The highest BCUT2D eigenvalue weighted by Crippen LogP contribution is 2.23. The van der Waals surface area contributed by atoms with Crippen molar-refractivity contribution in [3.05, 3.63) is 64.2 Å². The molecule has 0 atom stereocenters. The standard InChI is InChI=1S/C24H30N4O2/c1-16-7-6-8-22(19(16)4)27-11-9-26(10-12-27)15-23(29)21-13-17(2)28(20(21)5)24-14-18(3)30-25-24/h6-8,13-14H,9-12,15H2,1-5H3/p+1. The number of aryl methyl sites for hydroxylation is 3. The summed E-state index contributed by atoms with van der Waals surface area (Å²) in [7, 11) is 0. The lowest BCUT2D eigenvalue weighted by Gasteiger charge is -2.34. The number of nitrogens with one attached hydrogen (secondary N) is 1. The third kappa shape index (κ3) is 3.79. The lowest BCUT2D eigenvalue weighted by molar-refractivity contribution is -0.892. The number of quaternary nitrogens is 1. The summed E-state index contributed by atoms with van der Waals surface area (Å²) in [4.78, 5) is 16.9. The number of anilines is 1. The van der Waals surface area contributed by atoms with Crippen molar-refractivity contribution in [2.24, 2.45) is 0 Å². The van der Waals surface area contributed by atoms with Crippen LogP contribution in [0, 0.1) is 34.6 Å². The Morgan fingerprint density at radius 2 is 1.83 bits per heavy atom. The van der Waals surface area contributed by atoms with Gasteiger partial charge in [-0.2, -0.15) is 0 Å². The van der Waals surface area contributed by atoms with Crippen molar-refractivity contribution in [2.75, 3.05) is 37.6 Å². The van der Waals surface area contributed by atoms with Crippen LogP contribution in [0.4, 0.5) is 5.69 Å². The highest BCUT2D eigenvalue weighted by atomic mass is 16.5. The molecule has 1 aromatic carbocycles. The molecule has 0 aliphatic carbocycles. The Morgan fingerprint density at radius 1 is 1.10 bits per heavy atom. The van der Waals surface area contributed by atoms with Gasteiger partial charge in [-0.15, -0.1) is 0 Å². The van der Waals surface area contributed by atoms with E-state index in [0.29, 0.717) is 6.54 Å². The third-order valence-electron chi connectivity index (χ3n) is 6.37. The predicted octanol–water partition coefficient (Wildman–Crippen LogP) is 2.60. The Morgan fingerprint density at radius 3 is 2.50 bits per heavy atom. The largest absolute Gasteiger partial charge is 0.360 e. The smallest absolute Gasteiger partial charge is 0.218 e. The second kappa shape index (κ2) is 8.11. The minimum Gasteiger partial charge on any atom is -0.360 e. The van der Waals surface area contributed by atoms with Crippen molar-refractivity contribution in [2.45, 2.75) is 34.6 Å². The Labute approximate surface area is 178 Å². The minimum atomic E-state index is 0.199. The van der Waals surface area contributed by atoms with Gasteiger partial charge in [0.05, 0.1) is 26.2 Å². The number of rotatable bonds is 5. The predicted molar refractivity (Wildman–Crippen MR) is 118 cm³/mol. The number of Topliss-reactive ketones (excluding diaryl/α,β-unsaturated/α-hetero) is 1. The van der Waals surface area contributed by atoms with Crippen LogP contribution in [-0.4, -0.2) is 48.2 Å². The van der Waals surface area contributed by atoms with Gasteiger partial charge < -0.3 is 14.3 Å². The molecular weight excluding hydrogens is 376 g/mol. The maximum Gasteiger partial charge on any atom is 0.218 e. The number of hydrogen-bond acceptors (Lipinski definition) is 4. The number of aromatic nitrogens is 2. The fraction of sp³-hybridized carbons (Fsp3) is 0.417. The van der Waals surface area contributed by atoms with Gasteiger partial charge in [-0.25, -0.2) is 0 Å². The van der Waals surface area contributed by atoms with E-state index in [4.69, 9.17) is 4.52 Å². The first kappa shape index (κ1) is 20.4. The molecule has 6 heteroatoms. The van der Waals surface area contributed by atoms with Crippen molar-refractivity contribution < 1.29 is 14.2 Å². The molecule has 0 radical (unpaired) electrons. The van der Waals surface area contributed by atoms with Crippen LogP contribution in [0.15, 0.2) is 34.9 Å². The quantitative estimate of drug-likeness (QED) is 0.661. The summed E-state index contributed by atoms with van der Waals surface area (Å²) in [6, 6.07) is 10.4. The fourth-order valence-corrected chi connectivity index (χ4v) is 4.50. The minimum absolute atomic E-state index is 0.199. The maximum atomic E-state index is 13.1. The molecule has 30 heavy (non-hydrogen) atoms. The molecule has 1 aliphatic rings. The second-order valence-corrected chi connectivity index (χ2v) is 8.47. The zero-order valence-electron chi connectivity index (χ0n) is 18.6. The summed E-state index contributed by atoms with van der Waals surface area (Å²) in [5.41, 5.74) is 6.73. The van der Waals surface area contributed by atoms with E-state index >= 15 is 0 Å². The molecule has 1 N–H and O–H groups in total. The number of nitrogens with zero attached hydrogens (tertiary/aromatic N) is 3. The van der Waals surface area contributed by atoms with E-state index in [2.05, 4.69) is 42.1 Å². The molecule has 3 aromatic rings. The number of carbonyl (C=O) groups is 1. The number of piperazine rings is 1. The van der Waals surface area contributed by atoms with Crippen molar-refractivity contribution in [3.8, 4) is 5.82 Å². The molecule has 0 amide bonds. The van der Waals surface area contributed by atoms with Gasteiger partial charge in [-0.3, -0.25) is 9.36 Å². The van der Waals surface area contributed by atoms with Gasteiger partial charge in [0.2, 0.25) is 5.78 Å². The fourth-order valence-electron chi connectivity index (χ4n) is 4.50. The molecule has 0 bridgehead atoms. The number of benzene rings is 1.